The molecule has 2 rings (SSSR count). The average molecular weight is 155 g/mol. The number of carboxylic acid groups (broad SMARTS) is 1. The van der Waals surface area contributed by atoms with Crippen LogP contribution in [0.4, 0.5) is 0 Å². The minimum Gasteiger partial charge on any atom is -0.480 e. The third-order valence-corrected chi connectivity index (χ3v) is 2.91. The maximum Gasteiger partial charge on any atom is 0.320 e. The maximum atomic E-state index is 10.6. The van der Waals surface area contributed by atoms with E-state index in [1.807, 2.05) is 0 Å². The predicted octanol–water partition coefficient (Wildman–Crippen LogP) is 0.602. The second-order valence-corrected chi connectivity index (χ2v) is 3.59. The van der Waals surface area contributed by atoms with Gasteiger partial charge in [-0.3, -0.25) is 4.79 Å². The molecule has 1 saturated heterocycles. The summed E-state index contributed by atoms with van der Waals surface area (Å²) >= 11 is 0. The predicted molar refractivity (Wildman–Crippen MR) is 40.3 cm³/mol. The highest BCUT2D eigenvalue weighted by Gasteiger charge is 2.39. The smallest absolute Gasteiger partial charge is 0.320 e. The highest BCUT2D eigenvalue weighted by atomic mass is 16.4. The number of rotatable bonds is 1. The van der Waals surface area contributed by atoms with Crippen LogP contribution in [-0.4, -0.2) is 23.2 Å². The number of nitrogens with one attached hydrogen (secondary N) is 1. The van der Waals surface area contributed by atoms with Crippen LogP contribution in [-0.2, 0) is 4.79 Å². The molecular formula is C8H13NO2. The Labute approximate surface area is 65.8 Å². The summed E-state index contributed by atoms with van der Waals surface area (Å²) in [6.07, 6.45) is 4.52. The largest absolute Gasteiger partial charge is 0.480 e. The highest BCUT2D eigenvalue weighted by molar-refractivity contribution is 5.74. The van der Waals surface area contributed by atoms with Crippen molar-refractivity contribution in [3.63, 3.8) is 0 Å². The Balaban J connectivity index is 1.99. The summed E-state index contributed by atoms with van der Waals surface area (Å²) in [6, 6.07) is 0.251. The molecule has 0 unspecified atom stereocenters. The van der Waals surface area contributed by atoms with E-state index in [0.717, 1.165) is 6.42 Å². The molecule has 2 aliphatic rings. The van der Waals surface area contributed by atoms with Gasteiger partial charge in [-0.05, 0) is 25.2 Å². The molecule has 11 heavy (non-hydrogen) atoms. The molecule has 3 nitrogen and oxygen atoms in total. The minimum absolute atomic E-state index is 0.259. The summed E-state index contributed by atoms with van der Waals surface area (Å²) in [5.74, 6) is -0.0319. The van der Waals surface area contributed by atoms with Gasteiger partial charge in [-0.25, -0.2) is 0 Å². The lowest BCUT2D eigenvalue weighted by atomic mass is 10.0. The van der Waals surface area contributed by atoms with Crippen LogP contribution in [0.3, 0.4) is 0 Å². The molecular weight excluding hydrogens is 142 g/mol. The molecule has 3 atom stereocenters. The van der Waals surface area contributed by atoms with Crippen molar-refractivity contribution in [3.8, 4) is 0 Å². The number of hydrogen-bond donors (Lipinski definition) is 2. The third kappa shape index (κ3) is 1.13. The lowest BCUT2D eigenvalue weighted by Crippen LogP contribution is -2.34. The summed E-state index contributed by atoms with van der Waals surface area (Å²) in [6.45, 7) is 0. The molecule has 0 aromatic rings. The van der Waals surface area contributed by atoms with Gasteiger partial charge >= 0.3 is 5.97 Å². The van der Waals surface area contributed by atoms with E-state index in [4.69, 9.17) is 5.11 Å². The zero-order chi connectivity index (χ0) is 7.84. The Hall–Kier alpha value is -0.570. The van der Waals surface area contributed by atoms with Crippen LogP contribution < -0.4 is 5.32 Å². The summed E-state index contributed by atoms with van der Waals surface area (Å²) in [7, 11) is 0. The van der Waals surface area contributed by atoms with Crippen molar-refractivity contribution >= 4 is 5.97 Å². The van der Waals surface area contributed by atoms with Gasteiger partial charge in [0, 0.05) is 6.04 Å². The van der Waals surface area contributed by atoms with Crippen molar-refractivity contribution < 1.29 is 9.90 Å². The van der Waals surface area contributed by atoms with Crippen molar-refractivity contribution in [2.75, 3.05) is 0 Å². The molecule has 3 heteroatoms. The summed E-state index contributed by atoms with van der Waals surface area (Å²) in [5.41, 5.74) is 0. The van der Waals surface area contributed by atoms with Crippen LogP contribution in [0.15, 0.2) is 0 Å². The second kappa shape index (κ2) is 2.48. The van der Waals surface area contributed by atoms with Gasteiger partial charge in [0.05, 0.1) is 0 Å². The second-order valence-electron chi connectivity index (χ2n) is 3.59. The Morgan fingerprint density at radius 1 is 1.45 bits per heavy atom. The molecule has 0 aromatic carbocycles. The molecule has 1 aliphatic heterocycles. The van der Waals surface area contributed by atoms with Crippen molar-refractivity contribution in [1.82, 2.24) is 5.32 Å². The zero-order valence-corrected chi connectivity index (χ0v) is 6.42. The highest BCUT2D eigenvalue weighted by Crippen LogP contribution is 2.34. The molecule has 1 aliphatic carbocycles. The van der Waals surface area contributed by atoms with Gasteiger partial charge in [0.15, 0.2) is 0 Å². The first kappa shape index (κ1) is 7.10. The Morgan fingerprint density at radius 2 is 2.27 bits per heavy atom. The summed E-state index contributed by atoms with van der Waals surface area (Å²) < 4.78 is 0. The molecule has 1 saturated carbocycles. The number of carboxylic acids is 1. The van der Waals surface area contributed by atoms with Gasteiger partial charge < -0.3 is 10.4 Å². The van der Waals surface area contributed by atoms with E-state index in [1.54, 1.807) is 0 Å². The summed E-state index contributed by atoms with van der Waals surface area (Å²) in [4.78, 5) is 10.6. The lowest BCUT2D eigenvalue weighted by Gasteiger charge is -2.07. The zero-order valence-electron chi connectivity index (χ0n) is 6.42. The van der Waals surface area contributed by atoms with Crippen LogP contribution >= 0.6 is 0 Å². The number of aliphatic carboxylic acids is 1. The monoisotopic (exact) mass is 155 g/mol. The molecule has 0 bridgehead atoms. The fourth-order valence-corrected chi connectivity index (χ4v) is 2.34. The van der Waals surface area contributed by atoms with Crippen LogP contribution in [0, 0.1) is 5.92 Å². The lowest BCUT2D eigenvalue weighted by molar-refractivity contribution is -0.139. The van der Waals surface area contributed by atoms with Crippen molar-refractivity contribution in [2.45, 2.75) is 37.8 Å². The van der Waals surface area contributed by atoms with E-state index in [1.165, 1.54) is 19.3 Å². The number of hydrogen-bond acceptors (Lipinski definition) is 2. The first-order chi connectivity index (χ1) is 5.27. The fourth-order valence-electron chi connectivity index (χ4n) is 2.34. The van der Waals surface area contributed by atoms with E-state index in [2.05, 4.69) is 5.32 Å². The average Bonchev–Trinajstić information content (AvgIpc) is 2.40. The first-order valence-corrected chi connectivity index (χ1v) is 4.26. The van der Waals surface area contributed by atoms with Gasteiger partial charge in [0.2, 0.25) is 0 Å². The molecule has 2 fully saturated rings. The SMILES string of the molecule is O=C(O)[C@H]1C[C@H]2CCC[C@@H]2N1. The van der Waals surface area contributed by atoms with Crippen molar-refractivity contribution in [3.05, 3.63) is 0 Å². The van der Waals surface area contributed by atoms with Crippen molar-refractivity contribution in [1.29, 1.82) is 0 Å². The molecule has 0 radical (unpaired) electrons. The van der Waals surface area contributed by atoms with Crippen LogP contribution in [0.1, 0.15) is 25.7 Å². The number of carbonyl (C=O) groups is 1. The molecule has 2 N–H and O–H groups in total. The standard InChI is InChI=1S/C8H13NO2/c10-8(11)7-4-5-2-1-3-6(5)9-7/h5-7,9H,1-4H2,(H,10,11)/t5-,6+,7-/m1/s1. The molecule has 1 heterocycles. The Bertz CT molecular complexity index is 169. The maximum absolute atomic E-state index is 10.6. The van der Waals surface area contributed by atoms with E-state index in [-0.39, 0.29) is 6.04 Å². The molecule has 62 valence electrons. The fraction of sp³-hybridized carbons (Fsp3) is 0.875. The van der Waals surface area contributed by atoms with Gasteiger partial charge in [0.25, 0.3) is 0 Å². The van der Waals surface area contributed by atoms with E-state index in [9.17, 15) is 4.79 Å². The minimum atomic E-state index is -0.681. The van der Waals surface area contributed by atoms with E-state index in [0.29, 0.717) is 12.0 Å². The molecule has 0 aromatic heterocycles. The quantitative estimate of drug-likeness (QED) is 0.583. The molecule has 0 spiro atoms. The van der Waals surface area contributed by atoms with E-state index < -0.39 is 5.97 Å². The van der Waals surface area contributed by atoms with Crippen LogP contribution in [0.5, 0.6) is 0 Å². The number of fused-ring (bicyclic) bond motifs is 1. The third-order valence-electron chi connectivity index (χ3n) is 2.91. The Kier molecular flexibility index (Phi) is 1.60. The van der Waals surface area contributed by atoms with Gasteiger partial charge in [-0.2, -0.15) is 0 Å². The summed E-state index contributed by atoms with van der Waals surface area (Å²) in [5, 5.41) is 11.9. The van der Waals surface area contributed by atoms with Gasteiger partial charge in [-0.15, -0.1) is 0 Å². The van der Waals surface area contributed by atoms with Crippen LogP contribution in [0.25, 0.3) is 0 Å². The van der Waals surface area contributed by atoms with Gasteiger partial charge in [-0.1, -0.05) is 6.42 Å². The normalized spacial score (nSPS) is 42.4. The Morgan fingerprint density at radius 3 is 2.91 bits per heavy atom. The topological polar surface area (TPSA) is 49.3 Å². The first-order valence-electron chi connectivity index (χ1n) is 4.26. The van der Waals surface area contributed by atoms with Gasteiger partial charge in [0.1, 0.15) is 6.04 Å². The van der Waals surface area contributed by atoms with Crippen molar-refractivity contribution in [2.24, 2.45) is 5.92 Å². The van der Waals surface area contributed by atoms with Crippen LogP contribution in [0.2, 0.25) is 0 Å². The molecule has 0 amide bonds. The van der Waals surface area contributed by atoms with E-state index >= 15 is 0 Å².